The molecule has 0 radical (unpaired) electrons. The standard InChI is InChI=1S/C16H22F2N2O2/c1-4-19-15-13-7-6-12(22-11-16(3,17)18)10-14(13)21-9-8-20(15)5-2/h6-7,10H,4-5,8-9,11H2,1-3H3. The largest absolute Gasteiger partial charge is 0.491 e. The maximum absolute atomic E-state index is 12.9. The topological polar surface area (TPSA) is 34.1 Å². The summed E-state index contributed by atoms with van der Waals surface area (Å²) in [6.45, 7) is 7.00. The molecule has 0 aromatic heterocycles. The lowest BCUT2D eigenvalue weighted by molar-refractivity contribution is -0.0230. The van der Waals surface area contributed by atoms with Crippen molar-refractivity contribution in [2.24, 2.45) is 4.99 Å². The predicted octanol–water partition coefficient (Wildman–Crippen LogP) is 3.20. The summed E-state index contributed by atoms with van der Waals surface area (Å²) in [7, 11) is 0. The Morgan fingerprint density at radius 3 is 2.77 bits per heavy atom. The lowest BCUT2D eigenvalue weighted by atomic mass is 10.1. The highest BCUT2D eigenvalue weighted by Crippen LogP contribution is 2.29. The Labute approximate surface area is 129 Å². The van der Waals surface area contributed by atoms with E-state index in [0.717, 1.165) is 31.4 Å². The van der Waals surface area contributed by atoms with Crippen molar-refractivity contribution < 1.29 is 18.3 Å². The summed E-state index contributed by atoms with van der Waals surface area (Å²) < 4.78 is 36.7. The molecule has 0 aliphatic carbocycles. The van der Waals surface area contributed by atoms with Crippen LogP contribution in [-0.4, -0.2) is 49.5 Å². The van der Waals surface area contributed by atoms with Crippen LogP contribution in [0, 0.1) is 0 Å². The van der Waals surface area contributed by atoms with Crippen LogP contribution in [0.2, 0.25) is 0 Å². The number of amidine groups is 1. The van der Waals surface area contributed by atoms with Gasteiger partial charge in [-0.1, -0.05) is 0 Å². The van der Waals surface area contributed by atoms with Crippen LogP contribution in [0.25, 0.3) is 0 Å². The molecule has 0 bridgehead atoms. The van der Waals surface area contributed by atoms with Crippen molar-refractivity contribution in [2.75, 3.05) is 32.8 Å². The highest BCUT2D eigenvalue weighted by atomic mass is 19.3. The number of likely N-dealkylation sites (N-methyl/N-ethyl adjacent to an activating group) is 1. The first-order valence-electron chi connectivity index (χ1n) is 7.52. The number of ether oxygens (including phenoxy) is 2. The van der Waals surface area contributed by atoms with E-state index in [1.54, 1.807) is 12.1 Å². The van der Waals surface area contributed by atoms with Crippen molar-refractivity contribution in [1.29, 1.82) is 0 Å². The molecule has 0 spiro atoms. The summed E-state index contributed by atoms with van der Waals surface area (Å²) in [5, 5.41) is 0. The summed E-state index contributed by atoms with van der Waals surface area (Å²) in [5.41, 5.74) is 0.872. The van der Waals surface area contributed by atoms with Gasteiger partial charge in [0.15, 0.2) is 6.61 Å². The fraction of sp³-hybridized carbons (Fsp3) is 0.562. The van der Waals surface area contributed by atoms with E-state index in [-0.39, 0.29) is 0 Å². The average molecular weight is 312 g/mol. The minimum Gasteiger partial charge on any atom is -0.491 e. The van der Waals surface area contributed by atoms with Gasteiger partial charge in [-0.2, -0.15) is 0 Å². The van der Waals surface area contributed by atoms with Gasteiger partial charge in [0.25, 0.3) is 5.92 Å². The van der Waals surface area contributed by atoms with Crippen LogP contribution in [-0.2, 0) is 0 Å². The van der Waals surface area contributed by atoms with Crippen LogP contribution >= 0.6 is 0 Å². The van der Waals surface area contributed by atoms with E-state index >= 15 is 0 Å². The molecule has 1 aromatic rings. The smallest absolute Gasteiger partial charge is 0.278 e. The molecular weight excluding hydrogens is 290 g/mol. The molecule has 0 unspecified atom stereocenters. The Balaban J connectivity index is 2.28. The third kappa shape index (κ3) is 4.08. The lowest BCUT2D eigenvalue weighted by Crippen LogP contribution is -2.33. The third-order valence-electron chi connectivity index (χ3n) is 3.29. The Morgan fingerprint density at radius 1 is 1.36 bits per heavy atom. The Kier molecular flexibility index (Phi) is 5.21. The van der Waals surface area contributed by atoms with Gasteiger partial charge in [-0.3, -0.25) is 4.99 Å². The fourth-order valence-corrected chi connectivity index (χ4v) is 2.29. The average Bonchev–Trinajstić information content (AvgIpc) is 2.64. The molecular formula is C16H22F2N2O2. The van der Waals surface area contributed by atoms with E-state index in [1.165, 1.54) is 0 Å². The van der Waals surface area contributed by atoms with Crippen LogP contribution < -0.4 is 9.47 Å². The summed E-state index contributed by atoms with van der Waals surface area (Å²) in [4.78, 5) is 6.70. The van der Waals surface area contributed by atoms with Crippen molar-refractivity contribution in [3.05, 3.63) is 23.8 Å². The van der Waals surface area contributed by atoms with Crippen molar-refractivity contribution in [3.8, 4) is 11.5 Å². The summed E-state index contributed by atoms with van der Waals surface area (Å²) in [6, 6.07) is 5.16. The Bertz CT molecular complexity index is 541. The molecule has 0 amide bonds. The number of hydrogen-bond donors (Lipinski definition) is 0. The van der Waals surface area contributed by atoms with E-state index in [1.807, 2.05) is 13.0 Å². The molecule has 1 heterocycles. The second-order valence-corrected chi connectivity index (χ2v) is 5.24. The highest BCUT2D eigenvalue weighted by Gasteiger charge is 2.24. The van der Waals surface area contributed by atoms with Gasteiger partial charge in [-0.25, -0.2) is 8.78 Å². The van der Waals surface area contributed by atoms with Crippen molar-refractivity contribution >= 4 is 5.84 Å². The second-order valence-electron chi connectivity index (χ2n) is 5.24. The second kappa shape index (κ2) is 6.94. The normalized spacial score (nSPS) is 17.0. The molecule has 0 N–H and O–H groups in total. The number of nitrogens with zero attached hydrogens (tertiary/aromatic N) is 2. The number of rotatable bonds is 5. The van der Waals surface area contributed by atoms with Crippen LogP contribution in [0.5, 0.6) is 11.5 Å². The molecule has 1 aliphatic heterocycles. The van der Waals surface area contributed by atoms with Gasteiger partial charge in [-0.05, 0) is 26.0 Å². The Hall–Kier alpha value is -1.85. The zero-order valence-electron chi connectivity index (χ0n) is 13.2. The summed E-state index contributed by atoms with van der Waals surface area (Å²) >= 11 is 0. The molecule has 0 saturated carbocycles. The van der Waals surface area contributed by atoms with E-state index in [0.29, 0.717) is 24.7 Å². The molecule has 122 valence electrons. The molecule has 2 rings (SSSR count). The number of benzene rings is 1. The molecule has 0 atom stereocenters. The monoisotopic (exact) mass is 312 g/mol. The predicted molar refractivity (Wildman–Crippen MR) is 82.4 cm³/mol. The first kappa shape index (κ1) is 16.5. The molecule has 0 fully saturated rings. The zero-order valence-corrected chi connectivity index (χ0v) is 13.2. The maximum atomic E-state index is 12.9. The highest BCUT2D eigenvalue weighted by molar-refractivity contribution is 6.01. The molecule has 4 nitrogen and oxygen atoms in total. The zero-order chi connectivity index (χ0) is 16.2. The number of alkyl halides is 2. The molecule has 22 heavy (non-hydrogen) atoms. The van der Waals surface area contributed by atoms with Gasteiger partial charge in [0.05, 0.1) is 12.1 Å². The van der Waals surface area contributed by atoms with E-state index in [4.69, 9.17) is 9.47 Å². The fourth-order valence-electron chi connectivity index (χ4n) is 2.29. The van der Waals surface area contributed by atoms with E-state index < -0.39 is 12.5 Å². The van der Waals surface area contributed by atoms with E-state index in [2.05, 4.69) is 16.8 Å². The van der Waals surface area contributed by atoms with Gasteiger partial charge >= 0.3 is 0 Å². The van der Waals surface area contributed by atoms with Gasteiger partial charge in [0.1, 0.15) is 23.9 Å². The number of aliphatic imine (C=N–C) groups is 1. The molecule has 0 saturated heterocycles. The maximum Gasteiger partial charge on any atom is 0.278 e. The van der Waals surface area contributed by atoms with Gasteiger partial charge in [-0.15, -0.1) is 0 Å². The van der Waals surface area contributed by atoms with E-state index in [9.17, 15) is 8.78 Å². The Morgan fingerprint density at radius 2 is 2.14 bits per heavy atom. The number of fused-ring (bicyclic) bond motifs is 1. The molecule has 6 heteroatoms. The van der Waals surface area contributed by atoms with Crippen LogP contribution in [0.4, 0.5) is 8.78 Å². The van der Waals surface area contributed by atoms with Gasteiger partial charge < -0.3 is 14.4 Å². The first-order chi connectivity index (χ1) is 10.4. The third-order valence-corrected chi connectivity index (χ3v) is 3.29. The summed E-state index contributed by atoms with van der Waals surface area (Å²) in [5.74, 6) is -0.979. The first-order valence-corrected chi connectivity index (χ1v) is 7.52. The number of hydrogen-bond acceptors (Lipinski definition) is 3. The molecule has 1 aliphatic rings. The summed E-state index contributed by atoms with van der Waals surface area (Å²) in [6.07, 6.45) is 0. The van der Waals surface area contributed by atoms with Gasteiger partial charge in [0, 0.05) is 26.1 Å². The van der Waals surface area contributed by atoms with Crippen molar-refractivity contribution in [3.63, 3.8) is 0 Å². The number of halogens is 2. The minimum atomic E-state index is -2.86. The van der Waals surface area contributed by atoms with Crippen LogP contribution in [0.15, 0.2) is 23.2 Å². The van der Waals surface area contributed by atoms with Gasteiger partial charge in [0.2, 0.25) is 0 Å². The van der Waals surface area contributed by atoms with Crippen molar-refractivity contribution in [1.82, 2.24) is 4.90 Å². The van der Waals surface area contributed by atoms with Crippen LogP contribution in [0.1, 0.15) is 26.3 Å². The SMILES string of the molecule is CCN=C1c2ccc(OCC(C)(F)F)cc2OCCN1CC. The minimum absolute atomic E-state index is 0.376. The molecule has 1 aromatic carbocycles. The van der Waals surface area contributed by atoms with Crippen molar-refractivity contribution in [2.45, 2.75) is 26.7 Å². The van der Waals surface area contributed by atoms with Crippen LogP contribution in [0.3, 0.4) is 0 Å². The quantitative estimate of drug-likeness (QED) is 0.837. The lowest BCUT2D eigenvalue weighted by Gasteiger charge is -2.22.